The minimum atomic E-state index is -0.471. The molecule has 0 fully saturated rings. The number of benzene rings is 2. The van der Waals surface area contributed by atoms with Gasteiger partial charge in [0.2, 0.25) is 0 Å². The van der Waals surface area contributed by atoms with Gasteiger partial charge in [0.05, 0.1) is 12.8 Å². The molecule has 0 atom stereocenters. The SMILES string of the molecule is COC(=O)Nc1ccccc1/C=C/c1cccc(C)c1. The first kappa shape index (κ1) is 13.9. The Labute approximate surface area is 118 Å². The lowest BCUT2D eigenvalue weighted by molar-refractivity contribution is 0.187. The molecular formula is C17H17NO2. The Balaban J connectivity index is 2.22. The number of hydrogen-bond acceptors (Lipinski definition) is 2. The molecule has 2 aromatic carbocycles. The Kier molecular flexibility index (Phi) is 4.56. The number of nitrogens with one attached hydrogen (secondary N) is 1. The predicted molar refractivity (Wildman–Crippen MR) is 82.6 cm³/mol. The summed E-state index contributed by atoms with van der Waals surface area (Å²) in [7, 11) is 1.35. The number of hydrogen-bond donors (Lipinski definition) is 1. The molecule has 0 radical (unpaired) electrons. The number of carbonyl (C=O) groups is 1. The summed E-state index contributed by atoms with van der Waals surface area (Å²) < 4.78 is 4.61. The molecule has 0 heterocycles. The molecule has 1 N–H and O–H groups in total. The number of para-hydroxylation sites is 1. The summed E-state index contributed by atoms with van der Waals surface area (Å²) in [6.07, 6.45) is 3.52. The van der Waals surface area contributed by atoms with Crippen LogP contribution in [0.1, 0.15) is 16.7 Å². The van der Waals surface area contributed by atoms with Crippen LogP contribution >= 0.6 is 0 Å². The Morgan fingerprint density at radius 2 is 1.90 bits per heavy atom. The van der Waals surface area contributed by atoms with E-state index in [2.05, 4.69) is 29.1 Å². The Hall–Kier alpha value is -2.55. The van der Waals surface area contributed by atoms with Crippen LogP contribution in [0.4, 0.5) is 10.5 Å². The number of methoxy groups -OCH3 is 1. The Morgan fingerprint density at radius 3 is 2.65 bits per heavy atom. The number of amides is 1. The van der Waals surface area contributed by atoms with E-state index in [0.29, 0.717) is 0 Å². The summed E-state index contributed by atoms with van der Waals surface area (Å²) in [5.74, 6) is 0. The molecule has 3 nitrogen and oxygen atoms in total. The molecule has 2 rings (SSSR count). The molecule has 1 amide bonds. The van der Waals surface area contributed by atoms with E-state index in [1.807, 2.05) is 48.6 Å². The van der Waals surface area contributed by atoms with Crippen LogP contribution < -0.4 is 5.32 Å². The molecule has 20 heavy (non-hydrogen) atoms. The molecule has 0 saturated carbocycles. The minimum absolute atomic E-state index is 0.471. The van der Waals surface area contributed by atoms with Crippen LogP contribution in [0.5, 0.6) is 0 Å². The van der Waals surface area contributed by atoms with E-state index >= 15 is 0 Å². The number of ether oxygens (including phenoxy) is 1. The predicted octanol–water partition coefficient (Wildman–Crippen LogP) is 4.34. The molecule has 3 heteroatoms. The molecule has 0 bridgehead atoms. The second-order valence-corrected chi connectivity index (χ2v) is 4.45. The van der Waals surface area contributed by atoms with E-state index in [0.717, 1.165) is 16.8 Å². The normalized spacial score (nSPS) is 10.5. The average Bonchev–Trinajstić information content (AvgIpc) is 2.46. The van der Waals surface area contributed by atoms with Crippen LogP contribution in [0, 0.1) is 6.92 Å². The van der Waals surface area contributed by atoms with Crippen LogP contribution in [-0.4, -0.2) is 13.2 Å². The van der Waals surface area contributed by atoms with Crippen molar-refractivity contribution >= 4 is 23.9 Å². The van der Waals surface area contributed by atoms with Gasteiger partial charge in [-0.1, -0.05) is 60.2 Å². The summed E-state index contributed by atoms with van der Waals surface area (Å²) in [6.45, 7) is 2.06. The summed E-state index contributed by atoms with van der Waals surface area (Å²) in [5.41, 5.74) is 3.99. The molecule has 0 aliphatic rings. The highest BCUT2D eigenvalue weighted by atomic mass is 16.5. The van der Waals surface area contributed by atoms with Crippen molar-refractivity contribution in [1.29, 1.82) is 0 Å². The standard InChI is InChI=1S/C17H17NO2/c1-13-6-5-7-14(12-13)10-11-15-8-3-4-9-16(15)18-17(19)20-2/h3-12H,1-2H3,(H,18,19)/b11-10+. The van der Waals surface area contributed by atoms with Crippen LogP contribution in [0.2, 0.25) is 0 Å². The van der Waals surface area contributed by atoms with E-state index in [4.69, 9.17) is 0 Å². The topological polar surface area (TPSA) is 38.3 Å². The van der Waals surface area contributed by atoms with E-state index in [1.165, 1.54) is 12.7 Å². The molecule has 102 valence electrons. The maximum absolute atomic E-state index is 11.3. The number of rotatable bonds is 3. The zero-order chi connectivity index (χ0) is 14.4. The van der Waals surface area contributed by atoms with Gasteiger partial charge in [-0.15, -0.1) is 0 Å². The average molecular weight is 267 g/mol. The lowest BCUT2D eigenvalue weighted by atomic mass is 10.1. The quantitative estimate of drug-likeness (QED) is 0.840. The van der Waals surface area contributed by atoms with Gasteiger partial charge in [-0.05, 0) is 24.1 Å². The zero-order valence-corrected chi connectivity index (χ0v) is 11.6. The van der Waals surface area contributed by atoms with Crippen LogP contribution in [0.15, 0.2) is 48.5 Å². The molecular weight excluding hydrogens is 250 g/mol. The fourth-order valence-electron chi connectivity index (χ4n) is 1.88. The second kappa shape index (κ2) is 6.57. The summed E-state index contributed by atoms with van der Waals surface area (Å²) >= 11 is 0. The molecule has 0 spiro atoms. The highest BCUT2D eigenvalue weighted by Gasteiger charge is 2.03. The van der Waals surface area contributed by atoms with Gasteiger partial charge in [-0.2, -0.15) is 0 Å². The van der Waals surface area contributed by atoms with Gasteiger partial charge in [0.15, 0.2) is 0 Å². The second-order valence-electron chi connectivity index (χ2n) is 4.45. The molecule has 0 unspecified atom stereocenters. The van der Waals surface area contributed by atoms with Gasteiger partial charge < -0.3 is 4.74 Å². The van der Waals surface area contributed by atoms with Crippen molar-refractivity contribution in [2.45, 2.75) is 6.92 Å². The number of anilines is 1. The van der Waals surface area contributed by atoms with Crippen molar-refractivity contribution in [2.75, 3.05) is 12.4 Å². The maximum atomic E-state index is 11.3. The molecule has 0 aliphatic carbocycles. The number of carbonyl (C=O) groups excluding carboxylic acids is 1. The number of aryl methyl sites for hydroxylation is 1. The van der Waals surface area contributed by atoms with E-state index in [1.54, 1.807) is 0 Å². The van der Waals surface area contributed by atoms with Crippen molar-refractivity contribution < 1.29 is 9.53 Å². The van der Waals surface area contributed by atoms with E-state index in [9.17, 15) is 4.79 Å². The lowest BCUT2D eigenvalue weighted by Gasteiger charge is -2.07. The third-order valence-electron chi connectivity index (χ3n) is 2.88. The zero-order valence-electron chi connectivity index (χ0n) is 11.6. The van der Waals surface area contributed by atoms with Gasteiger partial charge in [0, 0.05) is 0 Å². The van der Waals surface area contributed by atoms with Crippen molar-refractivity contribution in [2.24, 2.45) is 0 Å². The Morgan fingerprint density at radius 1 is 1.10 bits per heavy atom. The van der Waals surface area contributed by atoms with Gasteiger partial charge in [0.1, 0.15) is 0 Å². The van der Waals surface area contributed by atoms with Crippen molar-refractivity contribution in [3.8, 4) is 0 Å². The first-order valence-corrected chi connectivity index (χ1v) is 6.38. The van der Waals surface area contributed by atoms with Gasteiger partial charge >= 0.3 is 6.09 Å². The Bertz CT molecular complexity index is 632. The fraction of sp³-hybridized carbons (Fsp3) is 0.118. The minimum Gasteiger partial charge on any atom is -0.453 e. The fourth-order valence-corrected chi connectivity index (χ4v) is 1.88. The molecule has 0 aliphatic heterocycles. The summed E-state index contributed by atoms with van der Waals surface area (Å²) in [5, 5.41) is 2.70. The largest absolute Gasteiger partial charge is 0.453 e. The van der Waals surface area contributed by atoms with E-state index in [-0.39, 0.29) is 0 Å². The molecule has 0 saturated heterocycles. The first-order valence-electron chi connectivity index (χ1n) is 6.38. The summed E-state index contributed by atoms with van der Waals surface area (Å²) in [4.78, 5) is 11.3. The molecule has 2 aromatic rings. The van der Waals surface area contributed by atoms with Gasteiger partial charge in [0.25, 0.3) is 0 Å². The van der Waals surface area contributed by atoms with Crippen LogP contribution in [-0.2, 0) is 4.74 Å². The third-order valence-corrected chi connectivity index (χ3v) is 2.88. The maximum Gasteiger partial charge on any atom is 0.411 e. The monoisotopic (exact) mass is 267 g/mol. The van der Waals surface area contributed by atoms with Gasteiger partial charge in [-0.3, -0.25) is 5.32 Å². The van der Waals surface area contributed by atoms with Crippen LogP contribution in [0.3, 0.4) is 0 Å². The lowest BCUT2D eigenvalue weighted by Crippen LogP contribution is -2.11. The highest BCUT2D eigenvalue weighted by molar-refractivity contribution is 5.89. The van der Waals surface area contributed by atoms with Crippen molar-refractivity contribution in [3.63, 3.8) is 0 Å². The first-order chi connectivity index (χ1) is 9.69. The van der Waals surface area contributed by atoms with Crippen LogP contribution in [0.25, 0.3) is 12.2 Å². The molecule has 0 aromatic heterocycles. The van der Waals surface area contributed by atoms with Crippen molar-refractivity contribution in [1.82, 2.24) is 0 Å². The van der Waals surface area contributed by atoms with Gasteiger partial charge in [-0.25, -0.2) is 4.79 Å². The van der Waals surface area contributed by atoms with Crippen molar-refractivity contribution in [3.05, 3.63) is 65.2 Å². The third kappa shape index (κ3) is 3.72. The van der Waals surface area contributed by atoms with E-state index < -0.39 is 6.09 Å². The highest BCUT2D eigenvalue weighted by Crippen LogP contribution is 2.18. The smallest absolute Gasteiger partial charge is 0.411 e. The summed E-state index contributed by atoms with van der Waals surface area (Å²) in [6, 6.07) is 15.8.